The molecule has 2 aliphatic rings. The summed E-state index contributed by atoms with van der Waals surface area (Å²) in [5.74, 6) is 0.890. The molecular weight excluding hydrogens is 905 g/mol. The summed E-state index contributed by atoms with van der Waals surface area (Å²) in [5.41, 5.74) is 16.8. The summed E-state index contributed by atoms with van der Waals surface area (Å²) in [5, 5.41) is 9.64. The number of fused-ring (bicyclic) bond motifs is 7. The van der Waals surface area contributed by atoms with Gasteiger partial charge in [-0.2, -0.15) is 0 Å². The fourth-order valence-electron chi connectivity index (χ4n) is 12.6. The first kappa shape index (κ1) is 44.5. The van der Waals surface area contributed by atoms with Gasteiger partial charge in [-0.3, -0.25) is 0 Å². The third-order valence-electron chi connectivity index (χ3n) is 16.3. The Morgan fingerprint density at radius 1 is 0.307 bits per heavy atom. The Hall–Kier alpha value is -9.24. The highest BCUT2D eigenvalue weighted by Gasteiger charge is 2.44. The van der Waals surface area contributed by atoms with Crippen LogP contribution in [0.2, 0.25) is 0 Å². The van der Waals surface area contributed by atoms with Gasteiger partial charge in [0.1, 0.15) is 0 Å². The van der Waals surface area contributed by atoms with E-state index in [2.05, 4.69) is 303 Å². The molecule has 2 nitrogen and oxygen atoms in total. The molecule has 0 saturated carbocycles. The van der Waals surface area contributed by atoms with Gasteiger partial charge in [0.25, 0.3) is 0 Å². The second-order valence-electron chi connectivity index (χ2n) is 20.9. The fraction of sp³-hybridized carbons (Fsp3) is 0.0685. The van der Waals surface area contributed by atoms with Crippen molar-refractivity contribution in [1.29, 1.82) is 0 Å². The van der Waals surface area contributed by atoms with Crippen LogP contribution in [0.25, 0.3) is 76.5 Å². The largest absolute Gasteiger partial charge is 0.310 e. The van der Waals surface area contributed by atoms with E-state index >= 15 is 0 Å². The van der Waals surface area contributed by atoms with Crippen LogP contribution in [0.3, 0.4) is 0 Å². The van der Waals surface area contributed by atoms with Crippen LogP contribution in [0, 0.1) is 5.92 Å². The monoisotopic (exact) mass is 958 g/mol. The lowest BCUT2D eigenvalue weighted by molar-refractivity contribution is 0.394. The number of anilines is 6. The number of rotatable bonds is 9. The van der Waals surface area contributed by atoms with Crippen molar-refractivity contribution in [3.05, 3.63) is 290 Å². The third-order valence-corrected chi connectivity index (χ3v) is 16.3. The van der Waals surface area contributed by atoms with E-state index in [0.29, 0.717) is 11.8 Å². The zero-order valence-electron chi connectivity index (χ0n) is 42.1. The van der Waals surface area contributed by atoms with Crippen LogP contribution in [0.1, 0.15) is 30.9 Å². The van der Waals surface area contributed by atoms with Gasteiger partial charge in [0.15, 0.2) is 0 Å². The zero-order chi connectivity index (χ0) is 50.0. The quantitative estimate of drug-likeness (QED) is 0.133. The molecule has 0 saturated heterocycles. The molecule has 12 aromatic rings. The lowest BCUT2D eigenvalue weighted by Crippen LogP contribution is -2.24. The number of hydrogen-bond acceptors (Lipinski definition) is 2. The lowest BCUT2D eigenvalue weighted by atomic mass is 9.74. The predicted octanol–water partition coefficient (Wildman–Crippen LogP) is 20.4. The number of para-hydroxylation sites is 2. The molecule has 75 heavy (non-hydrogen) atoms. The Morgan fingerprint density at radius 2 is 0.733 bits per heavy atom. The SMILES string of the molecule is CC1(C)c2cc(-c3ccc(-c4c5ccc(N(c6ccccc6)c6ccc7ccccc7c6)cc5c(-c5ccccc5)c5ccc(N(c6ccccc6)c6ccc7ccccc7c6)cc45)cc3)ccc2C2C=CC=CC21. The smallest absolute Gasteiger partial charge is 0.0468 e. The maximum absolute atomic E-state index is 2.47. The molecule has 12 aromatic carbocycles. The van der Waals surface area contributed by atoms with Crippen LogP contribution in [-0.2, 0) is 5.41 Å². The summed E-state index contributed by atoms with van der Waals surface area (Å²) in [6.45, 7) is 4.84. The summed E-state index contributed by atoms with van der Waals surface area (Å²) >= 11 is 0. The van der Waals surface area contributed by atoms with Gasteiger partial charge in [0.2, 0.25) is 0 Å². The topological polar surface area (TPSA) is 6.48 Å². The second kappa shape index (κ2) is 18.1. The average molecular weight is 959 g/mol. The van der Waals surface area contributed by atoms with Crippen LogP contribution in [0.4, 0.5) is 34.1 Å². The van der Waals surface area contributed by atoms with Crippen LogP contribution in [0.15, 0.2) is 279 Å². The molecular formula is C73H54N2. The Labute approximate surface area is 439 Å². The Bertz CT molecular complexity index is 4210. The van der Waals surface area contributed by atoms with E-state index in [4.69, 9.17) is 0 Å². The summed E-state index contributed by atoms with van der Waals surface area (Å²) in [6, 6.07) is 94.4. The van der Waals surface area contributed by atoms with E-state index in [1.54, 1.807) is 0 Å². The molecule has 14 rings (SSSR count). The first-order valence-corrected chi connectivity index (χ1v) is 26.3. The predicted molar refractivity (Wildman–Crippen MR) is 320 cm³/mol. The van der Waals surface area contributed by atoms with Crippen molar-refractivity contribution in [3.8, 4) is 33.4 Å². The van der Waals surface area contributed by atoms with E-state index in [1.807, 2.05) is 0 Å². The first-order valence-electron chi connectivity index (χ1n) is 26.3. The van der Waals surface area contributed by atoms with Crippen molar-refractivity contribution in [2.45, 2.75) is 25.2 Å². The standard InChI is InChI=1S/C73H54N2/c1-73(2)69-29-17-16-28-63(69)64-41-36-56(46-70(64)73)51-30-32-53(33-31-51)72-66-43-40-61(74(57-24-8-4-9-25-57)59-37-34-49-18-12-14-22-54(49)44-59)47-67(66)71(52-20-6-3-7-21-52)65-42-39-62(48-68(65)72)75(58-26-10-5-11-27-58)60-38-35-50-19-13-15-23-55(50)45-60/h3-48,63,69H,1-2H3. The summed E-state index contributed by atoms with van der Waals surface area (Å²) in [6.07, 6.45) is 9.25. The maximum atomic E-state index is 2.47. The van der Waals surface area contributed by atoms with Crippen molar-refractivity contribution in [2.75, 3.05) is 9.80 Å². The highest BCUT2D eigenvalue weighted by atomic mass is 15.1. The highest BCUT2D eigenvalue weighted by molar-refractivity contribution is 6.23. The molecule has 0 heterocycles. The molecule has 0 amide bonds. The van der Waals surface area contributed by atoms with Crippen molar-refractivity contribution in [1.82, 2.24) is 0 Å². The van der Waals surface area contributed by atoms with Gasteiger partial charge >= 0.3 is 0 Å². The maximum Gasteiger partial charge on any atom is 0.0468 e. The number of benzene rings is 12. The molecule has 0 aromatic heterocycles. The van der Waals surface area contributed by atoms with E-state index in [1.165, 1.54) is 87.6 Å². The van der Waals surface area contributed by atoms with Crippen LogP contribution < -0.4 is 9.80 Å². The second-order valence-corrected chi connectivity index (χ2v) is 20.9. The summed E-state index contributed by atoms with van der Waals surface area (Å²) in [7, 11) is 0. The summed E-state index contributed by atoms with van der Waals surface area (Å²) < 4.78 is 0. The van der Waals surface area contributed by atoms with Gasteiger partial charge < -0.3 is 9.80 Å². The molecule has 0 radical (unpaired) electrons. The third kappa shape index (κ3) is 7.64. The molecule has 0 spiro atoms. The number of nitrogens with zero attached hydrogens (tertiary/aromatic N) is 2. The van der Waals surface area contributed by atoms with Crippen LogP contribution >= 0.6 is 0 Å². The number of hydrogen-bond donors (Lipinski definition) is 0. The van der Waals surface area contributed by atoms with Crippen molar-refractivity contribution in [2.24, 2.45) is 5.92 Å². The molecule has 0 fully saturated rings. The fourth-order valence-corrected chi connectivity index (χ4v) is 12.6. The first-order chi connectivity index (χ1) is 36.9. The minimum absolute atomic E-state index is 0.0387. The Morgan fingerprint density at radius 3 is 1.28 bits per heavy atom. The Balaban J connectivity index is 1.01. The van der Waals surface area contributed by atoms with Gasteiger partial charge in [-0.1, -0.05) is 220 Å². The van der Waals surface area contributed by atoms with Crippen LogP contribution in [0.5, 0.6) is 0 Å². The van der Waals surface area contributed by atoms with E-state index < -0.39 is 0 Å². The Kier molecular flexibility index (Phi) is 10.7. The zero-order valence-corrected chi connectivity index (χ0v) is 42.1. The van der Waals surface area contributed by atoms with Crippen molar-refractivity contribution >= 4 is 77.2 Å². The molecule has 0 aliphatic heterocycles. The molecule has 2 atom stereocenters. The molecule has 2 heteroatoms. The lowest BCUT2D eigenvalue weighted by Gasteiger charge is -2.29. The van der Waals surface area contributed by atoms with Crippen LogP contribution in [-0.4, -0.2) is 0 Å². The minimum atomic E-state index is 0.0387. The number of allylic oxidation sites excluding steroid dienone is 4. The van der Waals surface area contributed by atoms with E-state index in [0.717, 1.165) is 34.1 Å². The van der Waals surface area contributed by atoms with Crippen molar-refractivity contribution < 1.29 is 0 Å². The minimum Gasteiger partial charge on any atom is -0.310 e. The van der Waals surface area contributed by atoms with E-state index in [9.17, 15) is 0 Å². The van der Waals surface area contributed by atoms with Gasteiger partial charge in [-0.05, 0) is 172 Å². The molecule has 0 bridgehead atoms. The van der Waals surface area contributed by atoms with E-state index in [-0.39, 0.29) is 5.41 Å². The molecule has 2 unspecified atom stereocenters. The summed E-state index contributed by atoms with van der Waals surface area (Å²) in [4.78, 5) is 4.82. The average Bonchev–Trinajstić information content (AvgIpc) is 3.74. The molecule has 0 N–H and O–H groups in total. The highest BCUT2D eigenvalue weighted by Crippen LogP contribution is 2.54. The molecule has 2 aliphatic carbocycles. The van der Waals surface area contributed by atoms with Gasteiger partial charge in [0, 0.05) is 40.0 Å². The van der Waals surface area contributed by atoms with Gasteiger partial charge in [-0.25, -0.2) is 0 Å². The normalized spacial score (nSPS) is 15.3. The molecule has 356 valence electrons. The van der Waals surface area contributed by atoms with Gasteiger partial charge in [0.05, 0.1) is 0 Å². The van der Waals surface area contributed by atoms with Crippen molar-refractivity contribution in [3.63, 3.8) is 0 Å². The van der Waals surface area contributed by atoms with Gasteiger partial charge in [-0.15, -0.1) is 0 Å².